The predicted molar refractivity (Wildman–Crippen MR) is 80.4 cm³/mol. The first-order valence-electron chi connectivity index (χ1n) is 7.20. The molecule has 3 N–H and O–H groups in total. The van der Waals surface area contributed by atoms with Crippen LogP contribution in [0.1, 0.15) is 26.7 Å². The van der Waals surface area contributed by atoms with Crippen LogP contribution in [-0.4, -0.2) is 66.3 Å². The second-order valence-corrected chi connectivity index (χ2v) is 5.30. The summed E-state index contributed by atoms with van der Waals surface area (Å²) in [5.74, 6) is -1.98. The Bertz CT molecular complexity index is 491. The number of nitrogens with zero attached hydrogens (tertiary/aromatic N) is 1. The van der Waals surface area contributed by atoms with Gasteiger partial charge in [0, 0.05) is 6.42 Å². The first-order valence-corrected chi connectivity index (χ1v) is 7.20. The van der Waals surface area contributed by atoms with Crippen LogP contribution in [0, 0.1) is 5.41 Å². The van der Waals surface area contributed by atoms with Crippen molar-refractivity contribution in [2.45, 2.75) is 51.0 Å². The first kappa shape index (κ1) is 18.8. The third-order valence-electron chi connectivity index (χ3n) is 3.02. The summed E-state index contributed by atoms with van der Waals surface area (Å²) in [5.41, 5.74) is 0. The number of rotatable bonds is 9. The summed E-state index contributed by atoms with van der Waals surface area (Å²) in [4.78, 5) is 39.0. The van der Waals surface area contributed by atoms with Crippen LogP contribution in [-0.2, 0) is 23.9 Å². The van der Waals surface area contributed by atoms with E-state index in [1.54, 1.807) is 13.8 Å². The molecule has 0 aromatic rings. The lowest BCUT2D eigenvalue weighted by Gasteiger charge is -2.21. The van der Waals surface area contributed by atoms with Gasteiger partial charge in [-0.05, 0) is 20.3 Å². The number of hydrogen-bond donors (Lipinski definition) is 3. The molecule has 128 valence electrons. The zero-order valence-electron chi connectivity index (χ0n) is 13.0. The highest BCUT2D eigenvalue weighted by Gasteiger charge is 2.32. The van der Waals surface area contributed by atoms with E-state index in [9.17, 15) is 19.5 Å². The van der Waals surface area contributed by atoms with Crippen LogP contribution in [0.3, 0.4) is 0 Å². The number of ether oxygens (including phenoxy) is 2. The number of aliphatic hydroxyl groups is 1. The van der Waals surface area contributed by atoms with Gasteiger partial charge in [-0.25, -0.2) is 9.79 Å². The summed E-state index contributed by atoms with van der Waals surface area (Å²) >= 11 is 0. The van der Waals surface area contributed by atoms with Crippen LogP contribution in [0.4, 0.5) is 0 Å². The molecule has 0 fully saturated rings. The number of carbonyl (C=O) groups excluding carboxylic acids is 3. The Hall–Kier alpha value is -2.29. The number of hydrogen-bond acceptors (Lipinski definition) is 8. The summed E-state index contributed by atoms with van der Waals surface area (Å²) in [7, 11) is 0. The van der Waals surface area contributed by atoms with E-state index in [2.05, 4.69) is 10.3 Å². The second-order valence-electron chi connectivity index (χ2n) is 5.30. The molecule has 0 bridgehead atoms. The highest BCUT2D eigenvalue weighted by molar-refractivity contribution is 6.26. The summed E-state index contributed by atoms with van der Waals surface area (Å²) in [5, 5.41) is 19.1. The van der Waals surface area contributed by atoms with Crippen molar-refractivity contribution in [3.05, 3.63) is 0 Å². The number of amides is 1. The Morgan fingerprint density at radius 2 is 2.22 bits per heavy atom. The van der Waals surface area contributed by atoms with Crippen molar-refractivity contribution in [1.82, 2.24) is 5.32 Å². The Morgan fingerprint density at radius 3 is 2.74 bits per heavy atom. The van der Waals surface area contributed by atoms with Gasteiger partial charge in [0.15, 0.2) is 18.3 Å². The van der Waals surface area contributed by atoms with Crippen LogP contribution in [0.15, 0.2) is 4.99 Å². The van der Waals surface area contributed by atoms with Gasteiger partial charge in [0.1, 0.15) is 18.7 Å². The Balaban J connectivity index is 2.67. The molecule has 0 saturated heterocycles. The van der Waals surface area contributed by atoms with E-state index >= 15 is 0 Å². The van der Waals surface area contributed by atoms with E-state index in [-0.39, 0.29) is 19.4 Å². The number of ketones is 1. The molecule has 1 rings (SSSR count). The van der Waals surface area contributed by atoms with Crippen LogP contribution in [0.25, 0.3) is 0 Å². The van der Waals surface area contributed by atoms with Crippen molar-refractivity contribution in [2.75, 3.05) is 6.61 Å². The third kappa shape index (κ3) is 6.15. The van der Waals surface area contributed by atoms with Crippen LogP contribution >= 0.6 is 0 Å². The number of Topliss-reactive ketones (excluding diaryl/α,β-unsaturated/α-hetero) is 1. The standard InChI is InChI=1S/C14H21N3O6/c1-8(2)23-14(21)10(4-3-9(18)5-15)17-13(20)12(19)11-6-22-7-16-11/h5,7-8,10-12,15,19H,3-4,6H2,1-2H3,(H,17,20)/t10-,11?,12+/m0/s1. The molecule has 23 heavy (non-hydrogen) atoms. The molecule has 3 atom stereocenters. The van der Waals surface area contributed by atoms with Gasteiger partial charge in [-0.1, -0.05) is 0 Å². The number of aliphatic imine (C=N–C) groups is 1. The normalized spacial score (nSPS) is 18.9. The maximum Gasteiger partial charge on any atom is 0.328 e. The minimum absolute atomic E-state index is 0.0251. The smallest absolute Gasteiger partial charge is 0.328 e. The molecule has 0 aliphatic carbocycles. The first-order chi connectivity index (χ1) is 10.8. The van der Waals surface area contributed by atoms with Crippen molar-refractivity contribution < 1.29 is 29.0 Å². The van der Waals surface area contributed by atoms with Gasteiger partial charge in [-0.2, -0.15) is 0 Å². The topological polar surface area (TPSA) is 138 Å². The zero-order chi connectivity index (χ0) is 17.4. The molecule has 1 aliphatic rings. The van der Waals surface area contributed by atoms with E-state index in [4.69, 9.17) is 14.9 Å². The Morgan fingerprint density at radius 1 is 1.52 bits per heavy atom. The van der Waals surface area contributed by atoms with Gasteiger partial charge >= 0.3 is 5.97 Å². The fourth-order valence-electron chi connectivity index (χ4n) is 1.83. The van der Waals surface area contributed by atoms with Gasteiger partial charge < -0.3 is 25.3 Å². The van der Waals surface area contributed by atoms with Crippen LogP contribution < -0.4 is 5.32 Å². The van der Waals surface area contributed by atoms with Crippen LogP contribution in [0.5, 0.6) is 0 Å². The van der Waals surface area contributed by atoms with Crippen molar-refractivity contribution in [3.63, 3.8) is 0 Å². The molecule has 1 amide bonds. The van der Waals surface area contributed by atoms with Gasteiger partial charge in [0.25, 0.3) is 5.91 Å². The fourth-order valence-corrected chi connectivity index (χ4v) is 1.83. The quantitative estimate of drug-likeness (QED) is 0.375. The van der Waals surface area contributed by atoms with Crippen molar-refractivity contribution in [3.8, 4) is 0 Å². The van der Waals surface area contributed by atoms with E-state index in [1.807, 2.05) is 0 Å². The van der Waals surface area contributed by atoms with Gasteiger partial charge in [-0.15, -0.1) is 0 Å². The zero-order valence-corrected chi connectivity index (χ0v) is 13.0. The predicted octanol–water partition coefficient (Wildman–Crippen LogP) is -0.790. The van der Waals surface area contributed by atoms with Crippen molar-refractivity contribution in [1.29, 1.82) is 5.41 Å². The summed E-state index contributed by atoms with van der Waals surface area (Å²) in [6.07, 6.45) is -0.189. The Kier molecular flexibility index (Phi) is 7.33. The van der Waals surface area contributed by atoms with E-state index in [1.165, 1.54) is 0 Å². The molecule has 1 aliphatic heterocycles. The van der Waals surface area contributed by atoms with E-state index in [0.717, 1.165) is 6.40 Å². The maximum atomic E-state index is 12.0. The fraction of sp³-hybridized carbons (Fsp3) is 0.643. The molecule has 0 aromatic heterocycles. The van der Waals surface area contributed by atoms with Crippen LogP contribution in [0.2, 0.25) is 0 Å². The molecule has 9 nitrogen and oxygen atoms in total. The SMILES string of the molecule is CC(C)OC(=O)[C@H](CCC(=O)C=N)NC(=O)[C@H](O)C1COC=N1. The number of nitrogens with one attached hydrogen (secondary N) is 2. The van der Waals surface area contributed by atoms with Gasteiger partial charge in [0.2, 0.25) is 0 Å². The lowest BCUT2D eigenvalue weighted by molar-refractivity contribution is -0.152. The molecule has 9 heteroatoms. The number of esters is 1. The average Bonchev–Trinajstić information content (AvgIpc) is 3.03. The molecule has 0 aromatic carbocycles. The third-order valence-corrected chi connectivity index (χ3v) is 3.02. The molecule has 0 saturated carbocycles. The maximum absolute atomic E-state index is 12.0. The van der Waals surface area contributed by atoms with E-state index in [0.29, 0.717) is 6.21 Å². The number of carbonyl (C=O) groups is 3. The number of aliphatic hydroxyl groups excluding tert-OH is 1. The molecule has 0 radical (unpaired) electrons. The average molecular weight is 327 g/mol. The molecule has 1 heterocycles. The summed E-state index contributed by atoms with van der Waals surface area (Å²) < 4.78 is 9.86. The highest BCUT2D eigenvalue weighted by Crippen LogP contribution is 2.08. The largest absolute Gasteiger partial charge is 0.481 e. The van der Waals surface area contributed by atoms with Gasteiger partial charge in [-0.3, -0.25) is 9.59 Å². The molecular formula is C14H21N3O6. The molecule has 0 spiro atoms. The summed E-state index contributed by atoms with van der Waals surface area (Å²) in [6, 6.07) is -1.82. The Labute approximate surface area is 133 Å². The minimum atomic E-state index is -1.47. The lowest BCUT2D eigenvalue weighted by Crippen LogP contribution is -2.50. The molecule has 1 unspecified atom stereocenters. The summed E-state index contributed by atoms with van der Waals surface area (Å²) in [6.45, 7) is 3.37. The second kappa shape index (κ2) is 8.99. The van der Waals surface area contributed by atoms with Gasteiger partial charge in [0.05, 0.1) is 12.3 Å². The lowest BCUT2D eigenvalue weighted by atomic mass is 10.1. The monoisotopic (exact) mass is 327 g/mol. The van der Waals surface area contributed by atoms with Crippen molar-refractivity contribution in [2.24, 2.45) is 4.99 Å². The van der Waals surface area contributed by atoms with E-state index < -0.39 is 42.0 Å². The highest BCUT2D eigenvalue weighted by atomic mass is 16.5. The molecular weight excluding hydrogens is 306 g/mol. The minimum Gasteiger partial charge on any atom is -0.481 e. The van der Waals surface area contributed by atoms with Crippen molar-refractivity contribution >= 4 is 30.3 Å².